The van der Waals surface area contributed by atoms with Crippen LogP contribution in [-0.4, -0.2) is 22.5 Å². The number of nitrogens with zero attached hydrogens (tertiary/aromatic N) is 1. The molecule has 0 aliphatic carbocycles. The number of hydrogen-bond acceptors (Lipinski definition) is 7. The Kier molecular flexibility index (Phi) is 4.45. The Hall–Kier alpha value is -2.87. The van der Waals surface area contributed by atoms with Crippen molar-refractivity contribution >= 4 is 28.3 Å². The Morgan fingerprint density at radius 2 is 2.04 bits per heavy atom. The highest BCUT2D eigenvalue weighted by Gasteiger charge is 2.25. The molecule has 0 aliphatic rings. The first-order chi connectivity index (χ1) is 11.8. The molecule has 130 valence electrons. The summed E-state index contributed by atoms with van der Waals surface area (Å²) < 4.78 is 15.5. The lowest BCUT2D eigenvalue weighted by Crippen LogP contribution is -2.27. The van der Waals surface area contributed by atoms with Gasteiger partial charge in [-0.25, -0.2) is 9.78 Å². The molecule has 0 radical (unpaired) electrons. The topological polar surface area (TPSA) is 94.6 Å². The van der Waals surface area contributed by atoms with Crippen molar-refractivity contribution in [2.75, 3.05) is 5.32 Å². The zero-order valence-corrected chi connectivity index (χ0v) is 14.7. The van der Waals surface area contributed by atoms with Crippen molar-refractivity contribution in [1.82, 2.24) is 4.98 Å². The molecule has 3 aromatic heterocycles. The van der Waals surface area contributed by atoms with Gasteiger partial charge < -0.3 is 13.6 Å². The third-order valence-electron chi connectivity index (χ3n) is 2.98. The molecule has 3 rings (SSSR count). The van der Waals surface area contributed by atoms with E-state index in [4.69, 9.17) is 13.6 Å². The molecular weight excluding hydrogens is 344 g/mol. The third-order valence-corrected chi connectivity index (χ3v) is 3.95. The number of carbonyl (C=O) groups excluding carboxylic acids is 2. The first-order valence-corrected chi connectivity index (χ1v) is 8.27. The quantitative estimate of drug-likeness (QED) is 0.685. The lowest BCUT2D eigenvalue weighted by Gasteiger charge is -2.18. The van der Waals surface area contributed by atoms with Crippen LogP contribution in [0, 0.1) is 0 Å². The molecule has 0 unspecified atom stereocenters. The van der Waals surface area contributed by atoms with Crippen molar-refractivity contribution in [1.29, 1.82) is 0 Å². The average Bonchev–Trinajstić information content (AvgIpc) is 3.25. The van der Waals surface area contributed by atoms with E-state index in [1.807, 2.05) is 0 Å². The fourth-order valence-electron chi connectivity index (χ4n) is 2.02. The van der Waals surface area contributed by atoms with Crippen LogP contribution in [0.4, 0.5) is 9.93 Å². The van der Waals surface area contributed by atoms with Gasteiger partial charge in [0, 0.05) is 0 Å². The van der Waals surface area contributed by atoms with Crippen LogP contribution in [0.3, 0.4) is 0 Å². The number of amides is 1. The summed E-state index contributed by atoms with van der Waals surface area (Å²) in [6.07, 6.45) is 3.62. The van der Waals surface area contributed by atoms with E-state index in [-0.39, 0.29) is 10.9 Å². The van der Waals surface area contributed by atoms with E-state index < -0.39 is 11.7 Å². The second-order valence-electron chi connectivity index (χ2n) is 6.14. The number of hydrogen-bond donors (Lipinski definition) is 1. The first kappa shape index (κ1) is 17.0. The maximum Gasteiger partial charge on any atom is 0.413 e. The molecule has 7 nitrogen and oxygen atoms in total. The van der Waals surface area contributed by atoms with E-state index in [1.54, 1.807) is 39.0 Å². The van der Waals surface area contributed by atoms with Gasteiger partial charge in [-0.15, -0.1) is 0 Å². The predicted octanol–water partition coefficient (Wildman–Crippen LogP) is 4.57. The fraction of sp³-hybridized carbons (Fsp3) is 0.235. The largest absolute Gasteiger partial charge is 0.472 e. The molecule has 0 spiro atoms. The number of ether oxygens (including phenoxy) is 1. The average molecular weight is 360 g/mol. The Morgan fingerprint density at radius 3 is 2.64 bits per heavy atom. The molecule has 8 heteroatoms. The minimum atomic E-state index is -0.644. The number of rotatable bonds is 4. The van der Waals surface area contributed by atoms with Crippen LogP contribution in [-0.2, 0) is 4.74 Å². The molecular formula is C17H16N2O5S. The summed E-state index contributed by atoms with van der Waals surface area (Å²) in [6, 6.07) is 4.95. The number of carbonyl (C=O) groups is 2. The smallest absolute Gasteiger partial charge is 0.413 e. The van der Waals surface area contributed by atoms with Crippen molar-refractivity contribution in [3.63, 3.8) is 0 Å². The van der Waals surface area contributed by atoms with Crippen LogP contribution >= 0.6 is 11.3 Å². The summed E-state index contributed by atoms with van der Waals surface area (Å²) in [5.41, 5.74) is 0.105. The highest BCUT2D eigenvalue weighted by Crippen LogP contribution is 2.33. The van der Waals surface area contributed by atoms with Crippen molar-refractivity contribution in [3.8, 4) is 11.5 Å². The molecule has 3 aromatic rings. The van der Waals surface area contributed by atoms with Gasteiger partial charge in [0.05, 0.1) is 18.1 Å². The summed E-state index contributed by atoms with van der Waals surface area (Å²) >= 11 is 1.04. The number of ketones is 1. The summed E-state index contributed by atoms with van der Waals surface area (Å²) in [5, 5.41) is 2.79. The second kappa shape index (κ2) is 6.56. The molecule has 1 amide bonds. The van der Waals surface area contributed by atoms with Gasteiger partial charge in [-0.05, 0) is 39.0 Å². The molecule has 0 atom stereocenters. The molecule has 0 bridgehead atoms. The Labute approximate surface area is 147 Å². The van der Waals surface area contributed by atoms with Crippen molar-refractivity contribution < 1.29 is 23.2 Å². The SMILES string of the molecule is CC(C)(C)OC(=O)Nc1nc(-c2ccco2)c(C(=O)c2ccoc2)s1. The van der Waals surface area contributed by atoms with Gasteiger partial charge >= 0.3 is 6.09 Å². The Bertz CT molecular complexity index is 873. The zero-order chi connectivity index (χ0) is 18.0. The molecule has 0 saturated heterocycles. The highest BCUT2D eigenvalue weighted by atomic mass is 32.1. The van der Waals surface area contributed by atoms with Crippen LogP contribution in [0.15, 0.2) is 45.8 Å². The zero-order valence-electron chi connectivity index (χ0n) is 13.9. The fourth-order valence-corrected chi connectivity index (χ4v) is 2.94. The summed E-state index contributed by atoms with van der Waals surface area (Å²) in [7, 11) is 0. The van der Waals surface area contributed by atoms with E-state index in [1.165, 1.54) is 18.8 Å². The van der Waals surface area contributed by atoms with Gasteiger partial charge in [-0.3, -0.25) is 10.1 Å². The van der Waals surface area contributed by atoms with E-state index >= 15 is 0 Å². The minimum Gasteiger partial charge on any atom is -0.472 e. The lowest BCUT2D eigenvalue weighted by molar-refractivity contribution is 0.0635. The summed E-state index contributed by atoms with van der Waals surface area (Å²) in [6.45, 7) is 5.28. The standard InChI is InChI=1S/C17H16N2O5S/c1-17(2,3)24-16(21)19-15-18-12(11-5-4-7-23-11)14(25-15)13(20)10-6-8-22-9-10/h4-9H,1-3H3,(H,18,19,21). The van der Waals surface area contributed by atoms with Crippen molar-refractivity contribution in [2.45, 2.75) is 26.4 Å². The van der Waals surface area contributed by atoms with Crippen molar-refractivity contribution in [3.05, 3.63) is 47.4 Å². The molecule has 1 N–H and O–H groups in total. The predicted molar refractivity (Wildman–Crippen MR) is 91.8 cm³/mol. The number of thiazole rings is 1. The van der Waals surface area contributed by atoms with Gasteiger partial charge in [0.15, 0.2) is 10.9 Å². The summed E-state index contributed by atoms with van der Waals surface area (Å²) in [5.74, 6) is 0.162. The van der Waals surface area contributed by atoms with Gasteiger partial charge in [0.1, 0.15) is 22.4 Å². The Balaban J connectivity index is 1.93. The lowest BCUT2D eigenvalue weighted by atomic mass is 10.1. The van der Waals surface area contributed by atoms with Crippen molar-refractivity contribution in [2.24, 2.45) is 0 Å². The van der Waals surface area contributed by atoms with E-state index in [2.05, 4.69) is 10.3 Å². The number of anilines is 1. The minimum absolute atomic E-state index is 0.243. The normalized spacial score (nSPS) is 11.3. The molecule has 0 aromatic carbocycles. The maximum atomic E-state index is 12.7. The van der Waals surface area contributed by atoms with Gasteiger partial charge in [0.25, 0.3) is 0 Å². The Morgan fingerprint density at radius 1 is 1.24 bits per heavy atom. The van der Waals surface area contributed by atoms with Crippen LogP contribution in [0.2, 0.25) is 0 Å². The van der Waals surface area contributed by atoms with E-state index in [0.717, 1.165) is 11.3 Å². The van der Waals surface area contributed by atoms with Crippen LogP contribution < -0.4 is 5.32 Å². The molecule has 0 fully saturated rings. The number of furan rings is 2. The van der Waals surface area contributed by atoms with E-state index in [9.17, 15) is 9.59 Å². The molecule has 25 heavy (non-hydrogen) atoms. The third kappa shape index (κ3) is 3.97. The van der Waals surface area contributed by atoms with Gasteiger partial charge in [-0.1, -0.05) is 11.3 Å². The molecule has 0 aliphatic heterocycles. The number of nitrogens with one attached hydrogen (secondary N) is 1. The molecule has 0 saturated carbocycles. The highest BCUT2D eigenvalue weighted by molar-refractivity contribution is 7.18. The second-order valence-corrected chi connectivity index (χ2v) is 7.14. The van der Waals surface area contributed by atoms with E-state index in [0.29, 0.717) is 21.9 Å². The first-order valence-electron chi connectivity index (χ1n) is 7.45. The molecule has 3 heterocycles. The summed E-state index contributed by atoms with van der Waals surface area (Å²) in [4.78, 5) is 29.3. The van der Waals surface area contributed by atoms with Crippen LogP contribution in [0.5, 0.6) is 0 Å². The van der Waals surface area contributed by atoms with Crippen LogP contribution in [0.25, 0.3) is 11.5 Å². The monoisotopic (exact) mass is 360 g/mol. The maximum absolute atomic E-state index is 12.7. The van der Waals surface area contributed by atoms with Crippen LogP contribution in [0.1, 0.15) is 36.0 Å². The van der Waals surface area contributed by atoms with Gasteiger partial charge in [-0.2, -0.15) is 0 Å². The van der Waals surface area contributed by atoms with Gasteiger partial charge in [0.2, 0.25) is 5.78 Å². The number of aromatic nitrogens is 1.